The quantitative estimate of drug-likeness (QED) is 0.447. The van der Waals surface area contributed by atoms with Crippen LogP contribution in [0.1, 0.15) is 15.4 Å². The van der Waals surface area contributed by atoms with Crippen molar-refractivity contribution < 1.29 is 9.53 Å². The number of hydrogen-bond acceptors (Lipinski definition) is 4. The number of nitrogens with zero attached hydrogens (tertiary/aromatic N) is 1. The Morgan fingerprint density at radius 2 is 1.64 bits per heavy atom. The Bertz CT molecular complexity index is 1090. The van der Waals surface area contributed by atoms with E-state index in [1.807, 2.05) is 79.0 Å². The van der Waals surface area contributed by atoms with Gasteiger partial charge in [-0.1, -0.05) is 42.5 Å². The number of carbonyl (C=O) groups excluding carboxylic acids is 1. The summed E-state index contributed by atoms with van der Waals surface area (Å²) >= 11 is 1.62. The van der Waals surface area contributed by atoms with Gasteiger partial charge in [-0.2, -0.15) is 0 Å². The molecule has 0 aliphatic carbocycles. The molecular weight excluding hydrogens is 368 g/mol. The first-order valence-electron chi connectivity index (χ1n) is 8.85. The molecule has 4 rings (SSSR count). The number of hydrogen-bond donors (Lipinski definition) is 1. The average Bonchev–Trinajstić information content (AvgIpc) is 3.16. The van der Waals surface area contributed by atoms with Crippen LogP contribution in [0.5, 0.6) is 11.5 Å². The van der Waals surface area contributed by atoms with Crippen molar-refractivity contribution in [2.45, 2.75) is 6.92 Å². The Balaban J connectivity index is 1.51. The SMILES string of the molecule is Cc1nc(-c2ccc(NC(=O)c3ccccc3Oc3ccccc3)cc2)cs1. The van der Waals surface area contributed by atoms with Crippen molar-refractivity contribution >= 4 is 22.9 Å². The van der Waals surface area contributed by atoms with Gasteiger partial charge in [-0.3, -0.25) is 4.79 Å². The van der Waals surface area contributed by atoms with Crippen molar-refractivity contribution in [3.8, 4) is 22.8 Å². The lowest BCUT2D eigenvalue weighted by atomic mass is 10.1. The molecule has 0 bridgehead atoms. The van der Waals surface area contributed by atoms with Gasteiger partial charge < -0.3 is 10.1 Å². The Labute approximate surface area is 167 Å². The van der Waals surface area contributed by atoms with Crippen LogP contribution in [0.25, 0.3) is 11.3 Å². The Kier molecular flexibility index (Phi) is 5.17. The van der Waals surface area contributed by atoms with Gasteiger partial charge >= 0.3 is 0 Å². The third kappa shape index (κ3) is 4.10. The van der Waals surface area contributed by atoms with Crippen LogP contribution >= 0.6 is 11.3 Å². The number of thiazole rings is 1. The van der Waals surface area contributed by atoms with Crippen LogP contribution < -0.4 is 10.1 Å². The van der Waals surface area contributed by atoms with Crippen LogP contribution in [0.4, 0.5) is 5.69 Å². The predicted octanol–water partition coefficient (Wildman–Crippen LogP) is 6.16. The molecule has 3 aromatic carbocycles. The van der Waals surface area contributed by atoms with Gasteiger partial charge in [0, 0.05) is 16.6 Å². The van der Waals surface area contributed by atoms with Crippen molar-refractivity contribution in [3.05, 3.63) is 94.8 Å². The van der Waals surface area contributed by atoms with E-state index in [1.165, 1.54) is 0 Å². The van der Waals surface area contributed by atoms with E-state index in [4.69, 9.17) is 4.74 Å². The second-order valence-corrected chi connectivity index (χ2v) is 7.26. The van der Waals surface area contributed by atoms with Gasteiger partial charge in [0.2, 0.25) is 0 Å². The largest absolute Gasteiger partial charge is 0.457 e. The molecular formula is C23H18N2O2S. The summed E-state index contributed by atoms with van der Waals surface area (Å²) in [4.78, 5) is 17.3. The van der Waals surface area contributed by atoms with Gasteiger partial charge in [-0.25, -0.2) is 4.98 Å². The minimum atomic E-state index is -0.219. The van der Waals surface area contributed by atoms with Crippen molar-refractivity contribution in [2.24, 2.45) is 0 Å². The highest BCUT2D eigenvalue weighted by molar-refractivity contribution is 7.09. The molecule has 1 N–H and O–H groups in total. The maximum absolute atomic E-state index is 12.8. The van der Waals surface area contributed by atoms with Crippen LogP contribution in [-0.2, 0) is 0 Å². The smallest absolute Gasteiger partial charge is 0.259 e. The third-order valence-electron chi connectivity index (χ3n) is 4.16. The Morgan fingerprint density at radius 1 is 0.929 bits per heavy atom. The second kappa shape index (κ2) is 8.06. The molecule has 0 radical (unpaired) electrons. The molecule has 1 heterocycles. The number of benzene rings is 3. The summed E-state index contributed by atoms with van der Waals surface area (Å²) in [5.74, 6) is 0.982. The number of rotatable bonds is 5. The van der Waals surface area contributed by atoms with E-state index in [1.54, 1.807) is 23.5 Å². The van der Waals surface area contributed by atoms with Crippen LogP contribution in [0.2, 0.25) is 0 Å². The highest BCUT2D eigenvalue weighted by Gasteiger charge is 2.13. The van der Waals surface area contributed by atoms with Gasteiger partial charge in [0.1, 0.15) is 11.5 Å². The molecule has 0 atom stereocenters. The fourth-order valence-electron chi connectivity index (χ4n) is 2.78. The molecule has 138 valence electrons. The van der Waals surface area contributed by atoms with E-state index in [9.17, 15) is 4.79 Å². The number of aromatic nitrogens is 1. The first kappa shape index (κ1) is 17.9. The minimum Gasteiger partial charge on any atom is -0.457 e. The van der Waals surface area contributed by atoms with Crippen LogP contribution in [-0.4, -0.2) is 10.9 Å². The number of aryl methyl sites for hydroxylation is 1. The van der Waals surface area contributed by atoms with Crippen molar-refractivity contribution in [3.63, 3.8) is 0 Å². The molecule has 4 nitrogen and oxygen atoms in total. The fourth-order valence-corrected chi connectivity index (χ4v) is 3.40. The molecule has 0 saturated carbocycles. The molecule has 0 fully saturated rings. The van der Waals surface area contributed by atoms with Gasteiger partial charge in [-0.05, 0) is 43.3 Å². The zero-order valence-electron chi connectivity index (χ0n) is 15.3. The molecule has 28 heavy (non-hydrogen) atoms. The number of para-hydroxylation sites is 2. The third-order valence-corrected chi connectivity index (χ3v) is 4.93. The lowest BCUT2D eigenvalue weighted by Crippen LogP contribution is -2.12. The standard InChI is InChI=1S/C23H18N2O2S/c1-16-24-21(15-28-16)17-11-13-18(14-12-17)25-23(26)20-9-5-6-10-22(20)27-19-7-3-2-4-8-19/h2-15H,1H3,(H,25,26). The summed E-state index contributed by atoms with van der Waals surface area (Å²) in [5.41, 5.74) is 3.16. The van der Waals surface area contributed by atoms with Crippen LogP contribution in [0.3, 0.4) is 0 Å². The first-order valence-corrected chi connectivity index (χ1v) is 9.73. The number of carbonyl (C=O) groups is 1. The number of amides is 1. The molecule has 0 aliphatic rings. The summed E-state index contributed by atoms with van der Waals surface area (Å²) < 4.78 is 5.88. The first-order chi connectivity index (χ1) is 13.7. The number of anilines is 1. The summed E-state index contributed by atoms with van der Waals surface area (Å²) in [6, 6.07) is 24.3. The molecule has 0 aliphatic heterocycles. The van der Waals surface area contributed by atoms with E-state index in [2.05, 4.69) is 10.3 Å². The normalized spacial score (nSPS) is 10.5. The van der Waals surface area contributed by atoms with Gasteiger partial charge in [0.15, 0.2) is 0 Å². The summed E-state index contributed by atoms with van der Waals surface area (Å²) in [5, 5.41) is 5.99. The van der Waals surface area contributed by atoms with E-state index in [0.29, 0.717) is 17.1 Å². The van der Waals surface area contributed by atoms with E-state index in [-0.39, 0.29) is 5.91 Å². The van der Waals surface area contributed by atoms with Crippen molar-refractivity contribution in [1.29, 1.82) is 0 Å². The second-order valence-electron chi connectivity index (χ2n) is 6.19. The summed E-state index contributed by atoms with van der Waals surface area (Å²) in [7, 11) is 0. The molecule has 4 aromatic rings. The van der Waals surface area contributed by atoms with E-state index < -0.39 is 0 Å². The number of ether oxygens (including phenoxy) is 1. The molecule has 0 unspecified atom stereocenters. The molecule has 5 heteroatoms. The lowest BCUT2D eigenvalue weighted by Gasteiger charge is -2.11. The van der Waals surface area contributed by atoms with Crippen LogP contribution in [0.15, 0.2) is 84.2 Å². The fraction of sp³-hybridized carbons (Fsp3) is 0.0435. The predicted molar refractivity (Wildman–Crippen MR) is 113 cm³/mol. The lowest BCUT2D eigenvalue weighted by molar-refractivity contribution is 0.102. The van der Waals surface area contributed by atoms with E-state index >= 15 is 0 Å². The highest BCUT2D eigenvalue weighted by atomic mass is 32.1. The Hall–Kier alpha value is -3.44. The number of nitrogens with one attached hydrogen (secondary N) is 1. The maximum Gasteiger partial charge on any atom is 0.259 e. The van der Waals surface area contributed by atoms with Gasteiger partial charge in [0.05, 0.1) is 16.3 Å². The van der Waals surface area contributed by atoms with Crippen molar-refractivity contribution in [1.82, 2.24) is 4.98 Å². The topological polar surface area (TPSA) is 51.2 Å². The zero-order chi connectivity index (χ0) is 19.3. The summed E-state index contributed by atoms with van der Waals surface area (Å²) in [6.07, 6.45) is 0. The highest BCUT2D eigenvalue weighted by Crippen LogP contribution is 2.27. The summed E-state index contributed by atoms with van der Waals surface area (Å²) in [6.45, 7) is 1.98. The van der Waals surface area contributed by atoms with Crippen molar-refractivity contribution in [2.75, 3.05) is 5.32 Å². The zero-order valence-corrected chi connectivity index (χ0v) is 16.1. The molecule has 0 saturated heterocycles. The minimum absolute atomic E-state index is 0.219. The molecule has 1 amide bonds. The maximum atomic E-state index is 12.8. The van der Waals surface area contributed by atoms with Gasteiger partial charge in [-0.15, -0.1) is 11.3 Å². The molecule has 1 aromatic heterocycles. The van der Waals surface area contributed by atoms with E-state index in [0.717, 1.165) is 22.0 Å². The Morgan fingerprint density at radius 3 is 2.36 bits per heavy atom. The van der Waals surface area contributed by atoms with Crippen LogP contribution in [0, 0.1) is 6.92 Å². The average molecular weight is 386 g/mol. The monoisotopic (exact) mass is 386 g/mol. The molecule has 0 spiro atoms. The van der Waals surface area contributed by atoms with Gasteiger partial charge in [0.25, 0.3) is 5.91 Å².